The molecule has 0 saturated heterocycles. The topological polar surface area (TPSA) is 23.6 Å². The van der Waals surface area contributed by atoms with Crippen molar-refractivity contribution in [3.05, 3.63) is 0 Å². The second-order valence-corrected chi connectivity index (χ2v) is 3.78. The van der Waals surface area contributed by atoms with Crippen molar-refractivity contribution in [1.29, 1.82) is 0 Å². The Kier molecular flexibility index (Phi) is 4.71. The van der Waals surface area contributed by atoms with E-state index in [0.29, 0.717) is 5.92 Å². The van der Waals surface area contributed by atoms with Crippen LogP contribution < -0.4 is 0 Å². The maximum absolute atomic E-state index is 11.3. The molecule has 0 aromatic carbocycles. The molecule has 3 nitrogen and oxygen atoms in total. The number of carbonyl (C=O) groups is 1. The largest absolute Gasteiger partial charge is 0.331 e. The average Bonchev–Trinajstić information content (AvgIpc) is 1.98. The molecule has 0 aromatic heterocycles. The van der Waals surface area contributed by atoms with Crippen molar-refractivity contribution in [2.75, 3.05) is 27.7 Å². The molecule has 0 fully saturated rings. The quantitative estimate of drug-likeness (QED) is 0.635. The summed E-state index contributed by atoms with van der Waals surface area (Å²) >= 11 is 0. The summed E-state index contributed by atoms with van der Waals surface area (Å²) in [5, 5.41) is 0. The molecule has 0 saturated carbocycles. The lowest BCUT2D eigenvalue weighted by molar-refractivity contribution is 0.179. The zero-order chi connectivity index (χ0) is 9.72. The Labute approximate surface area is 75.3 Å². The molecule has 12 heavy (non-hydrogen) atoms. The molecule has 0 aliphatic carbocycles. The summed E-state index contributed by atoms with van der Waals surface area (Å²) in [6, 6.07) is 0.0793. The van der Waals surface area contributed by atoms with E-state index < -0.39 is 0 Å². The number of nitrogens with zero attached hydrogens (tertiary/aromatic N) is 2. The van der Waals surface area contributed by atoms with Gasteiger partial charge in [0.05, 0.1) is 0 Å². The Balaban J connectivity index is 3.72. The van der Waals surface area contributed by atoms with Crippen LogP contribution in [0.1, 0.15) is 20.3 Å². The van der Waals surface area contributed by atoms with E-state index in [1.54, 1.807) is 23.9 Å². The number of rotatable bonds is 3. The zero-order valence-electron chi connectivity index (χ0n) is 8.79. The van der Waals surface area contributed by atoms with Crippen LogP contribution in [0.25, 0.3) is 0 Å². The lowest BCUT2D eigenvalue weighted by Crippen LogP contribution is -2.37. The van der Waals surface area contributed by atoms with Crippen LogP contribution >= 0.6 is 0 Å². The van der Waals surface area contributed by atoms with Crippen LogP contribution in [-0.2, 0) is 0 Å². The van der Waals surface area contributed by atoms with Gasteiger partial charge in [-0.25, -0.2) is 4.79 Å². The summed E-state index contributed by atoms with van der Waals surface area (Å²) in [6.45, 7) is 5.16. The molecular weight excluding hydrogens is 152 g/mol. The molecule has 0 aromatic rings. The smallest absolute Gasteiger partial charge is 0.319 e. The Hall–Kier alpha value is -0.730. The normalized spacial score (nSPS) is 10.2. The lowest BCUT2D eigenvalue weighted by Gasteiger charge is -2.22. The highest BCUT2D eigenvalue weighted by atomic mass is 16.2. The van der Waals surface area contributed by atoms with E-state index in [2.05, 4.69) is 13.8 Å². The zero-order valence-corrected chi connectivity index (χ0v) is 8.79. The number of carbonyl (C=O) groups excluding carboxylic acids is 1. The Morgan fingerprint density at radius 2 is 1.75 bits per heavy atom. The third-order valence-corrected chi connectivity index (χ3v) is 1.75. The summed E-state index contributed by atoms with van der Waals surface area (Å²) in [4.78, 5) is 14.7. The fourth-order valence-corrected chi connectivity index (χ4v) is 0.889. The van der Waals surface area contributed by atoms with Crippen LogP contribution in [-0.4, -0.2) is 43.5 Å². The summed E-state index contributed by atoms with van der Waals surface area (Å²) in [6.07, 6.45) is 1.07. The first-order chi connectivity index (χ1) is 5.45. The van der Waals surface area contributed by atoms with Gasteiger partial charge in [-0.15, -0.1) is 0 Å². The molecule has 0 bridgehead atoms. The van der Waals surface area contributed by atoms with Gasteiger partial charge in [-0.05, 0) is 12.3 Å². The van der Waals surface area contributed by atoms with Crippen LogP contribution in [0, 0.1) is 5.92 Å². The van der Waals surface area contributed by atoms with Crippen LogP contribution in [0.4, 0.5) is 4.79 Å². The van der Waals surface area contributed by atoms with Gasteiger partial charge in [0.1, 0.15) is 0 Å². The second kappa shape index (κ2) is 5.01. The average molecular weight is 172 g/mol. The van der Waals surface area contributed by atoms with E-state index in [0.717, 1.165) is 13.0 Å². The predicted octanol–water partition coefficient (Wildman–Crippen LogP) is 1.65. The Morgan fingerprint density at radius 1 is 1.25 bits per heavy atom. The van der Waals surface area contributed by atoms with Gasteiger partial charge in [0.2, 0.25) is 0 Å². The Morgan fingerprint density at radius 3 is 2.08 bits per heavy atom. The minimum Gasteiger partial charge on any atom is -0.331 e. The van der Waals surface area contributed by atoms with E-state index in [1.165, 1.54) is 0 Å². The SMILES string of the molecule is CC(C)CCN(C)C(=O)N(C)C. The number of hydrogen-bond acceptors (Lipinski definition) is 1. The van der Waals surface area contributed by atoms with Gasteiger partial charge in [-0.3, -0.25) is 0 Å². The standard InChI is InChI=1S/C9H20N2O/c1-8(2)6-7-11(5)9(12)10(3)4/h8H,6-7H2,1-5H3. The molecule has 0 heterocycles. The molecule has 0 unspecified atom stereocenters. The van der Waals surface area contributed by atoms with Crippen molar-refractivity contribution in [3.8, 4) is 0 Å². The van der Waals surface area contributed by atoms with Crippen molar-refractivity contribution < 1.29 is 4.79 Å². The highest BCUT2D eigenvalue weighted by Crippen LogP contribution is 2.01. The van der Waals surface area contributed by atoms with Gasteiger partial charge in [0.25, 0.3) is 0 Å². The van der Waals surface area contributed by atoms with Gasteiger partial charge in [-0.1, -0.05) is 13.8 Å². The molecule has 0 aliphatic rings. The minimum absolute atomic E-state index is 0.0793. The monoisotopic (exact) mass is 172 g/mol. The van der Waals surface area contributed by atoms with Crippen molar-refractivity contribution in [2.24, 2.45) is 5.92 Å². The number of urea groups is 1. The fraction of sp³-hybridized carbons (Fsp3) is 0.889. The third-order valence-electron chi connectivity index (χ3n) is 1.75. The lowest BCUT2D eigenvalue weighted by atomic mass is 10.1. The molecule has 0 atom stereocenters. The molecular formula is C9H20N2O. The fourth-order valence-electron chi connectivity index (χ4n) is 0.889. The Bertz CT molecular complexity index is 143. The molecule has 3 heteroatoms. The second-order valence-electron chi connectivity index (χ2n) is 3.78. The van der Waals surface area contributed by atoms with Gasteiger partial charge in [0, 0.05) is 27.7 Å². The first-order valence-electron chi connectivity index (χ1n) is 4.37. The molecule has 72 valence electrons. The van der Waals surface area contributed by atoms with Gasteiger partial charge < -0.3 is 9.80 Å². The molecule has 0 aliphatic heterocycles. The molecule has 0 rings (SSSR count). The minimum atomic E-state index is 0.0793. The highest BCUT2D eigenvalue weighted by Gasteiger charge is 2.09. The molecule has 2 amide bonds. The van der Waals surface area contributed by atoms with Crippen LogP contribution in [0.5, 0.6) is 0 Å². The summed E-state index contributed by atoms with van der Waals surface area (Å²) in [7, 11) is 5.38. The van der Waals surface area contributed by atoms with E-state index in [4.69, 9.17) is 0 Å². The maximum atomic E-state index is 11.3. The van der Waals surface area contributed by atoms with E-state index in [1.807, 2.05) is 7.05 Å². The molecule has 0 N–H and O–H groups in total. The van der Waals surface area contributed by atoms with Crippen molar-refractivity contribution in [2.45, 2.75) is 20.3 Å². The number of amides is 2. The van der Waals surface area contributed by atoms with Crippen LogP contribution in [0.15, 0.2) is 0 Å². The number of hydrogen-bond donors (Lipinski definition) is 0. The van der Waals surface area contributed by atoms with Crippen molar-refractivity contribution in [1.82, 2.24) is 9.80 Å². The highest BCUT2D eigenvalue weighted by molar-refractivity contribution is 5.73. The summed E-state index contributed by atoms with van der Waals surface area (Å²) in [5.74, 6) is 0.655. The van der Waals surface area contributed by atoms with Crippen LogP contribution in [0.3, 0.4) is 0 Å². The molecule has 0 spiro atoms. The van der Waals surface area contributed by atoms with E-state index in [-0.39, 0.29) is 6.03 Å². The summed E-state index contributed by atoms with van der Waals surface area (Å²) < 4.78 is 0. The van der Waals surface area contributed by atoms with Crippen molar-refractivity contribution >= 4 is 6.03 Å². The maximum Gasteiger partial charge on any atom is 0.319 e. The van der Waals surface area contributed by atoms with Crippen molar-refractivity contribution in [3.63, 3.8) is 0 Å². The van der Waals surface area contributed by atoms with Crippen LogP contribution in [0.2, 0.25) is 0 Å². The van der Waals surface area contributed by atoms with E-state index in [9.17, 15) is 4.79 Å². The first-order valence-corrected chi connectivity index (χ1v) is 4.37. The van der Waals surface area contributed by atoms with Gasteiger partial charge >= 0.3 is 6.03 Å². The van der Waals surface area contributed by atoms with Gasteiger partial charge in [-0.2, -0.15) is 0 Å². The molecule has 0 radical (unpaired) electrons. The van der Waals surface area contributed by atoms with E-state index >= 15 is 0 Å². The third kappa shape index (κ3) is 4.21. The predicted molar refractivity (Wildman–Crippen MR) is 51.2 cm³/mol. The van der Waals surface area contributed by atoms with Gasteiger partial charge in [0.15, 0.2) is 0 Å². The summed E-state index contributed by atoms with van der Waals surface area (Å²) in [5.41, 5.74) is 0. The first kappa shape index (κ1) is 11.3.